The monoisotopic (exact) mass is 356 g/mol. The zero-order valence-electron chi connectivity index (χ0n) is 15.8. The number of unbranched alkanes of at least 4 members (excludes halogenated alkanes) is 6. The molecule has 0 saturated heterocycles. The summed E-state index contributed by atoms with van der Waals surface area (Å²) in [6.45, 7) is 2.20. The smallest absolute Gasteiger partial charge is 0.303 e. The van der Waals surface area contributed by atoms with Gasteiger partial charge in [-0.25, -0.2) is 0 Å². The summed E-state index contributed by atoms with van der Waals surface area (Å²) < 4.78 is 0. The minimum absolute atomic E-state index is 0.341. The Kier molecular flexibility index (Phi) is 11.9. The van der Waals surface area contributed by atoms with Crippen molar-refractivity contribution in [2.45, 2.75) is 64.4 Å². The largest absolute Gasteiger partial charge is 0.481 e. The topological polar surface area (TPSA) is 57.5 Å². The Labute approximate surface area is 157 Å². The predicted octanol–water partition coefficient (Wildman–Crippen LogP) is 5.98. The number of aliphatic hydroxyl groups is 1. The van der Waals surface area contributed by atoms with Gasteiger partial charge in [0.05, 0.1) is 0 Å². The van der Waals surface area contributed by atoms with Crippen molar-refractivity contribution in [2.75, 3.05) is 0 Å². The van der Waals surface area contributed by atoms with Crippen LogP contribution in [0.3, 0.4) is 0 Å². The molecule has 2 rings (SSSR count). The van der Waals surface area contributed by atoms with Crippen LogP contribution in [0.1, 0.15) is 75.5 Å². The van der Waals surface area contributed by atoms with Crippen LogP contribution >= 0.6 is 0 Å². The van der Waals surface area contributed by atoms with Crippen molar-refractivity contribution in [1.82, 2.24) is 0 Å². The molecular formula is C23H32O3. The van der Waals surface area contributed by atoms with Crippen LogP contribution < -0.4 is 0 Å². The van der Waals surface area contributed by atoms with Crippen molar-refractivity contribution >= 4 is 5.97 Å². The second kappa shape index (κ2) is 14.1. The Hall–Kier alpha value is -2.13. The van der Waals surface area contributed by atoms with Crippen LogP contribution in [0.2, 0.25) is 0 Å². The number of hydrogen-bond donors (Lipinski definition) is 2. The summed E-state index contributed by atoms with van der Waals surface area (Å²) in [4.78, 5) is 10.1. The van der Waals surface area contributed by atoms with Gasteiger partial charge < -0.3 is 10.2 Å². The Balaban J connectivity index is 0.000000265. The van der Waals surface area contributed by atoms with E-state index < -0.39 is 12.1 Å². The first-order valence-electron chi connectivity index (χ1n) is 9.65. The van der Waals surface area contributed by atoms with Gasteiger partial charge in [0.2, 0.25) is 0 Å². The van der Waals surface area contributed by atoms with Gasteiger partial charge in [0, 0.05) is 6.42 Å². The van der Waals surface area contributed by atoms with E-state index in [4.69, 9.17) is 5.11 Å². The first-order valence-corrected chi connectivity index (χ1v) is 9.65. The fraction of sp³-hybridized carbons (Fsp3) is 0.435. The second-order valence-corrected chi connectivity index (χ2v) is 6.49. The number of aliphatic carboxylic acids is 1. The molecule has 0 bridgehead atoms. The van der Waals surface area contributed by atoms with Gasteiger partial charge in [-0.1, -0.05) is 106 Å². The van der Waals surface area contributed by atoms with E-state index in [0.717, 1.165) is 24.0 Å². The Morgan fingerprint density at radius 2 is 1.19 bits per heavy atom. The molecule has 0 spiro atoms. The van der Waals surface area contributed by atoms with E-state index >= 15 is 0 Å². The van der Waals surface area contributed by atoms with Gasteiger partial charge in [-0.05, 0) is 17.5 Å². The Morgan fingerprint density at radius 3 is 1.62 bits per heavy atom. The molecule has 0 heterocycles. The van der Waals surface area contributed by atoms with Crippen LogP contribution in [0.4, 0.5) is 0 Å². The van der Waals surface area contributed by atoms with Crippen LogP contribution in [-0.4, -0.2) is 16.2 Å². The highest BCUT2D eigenvalue weighted by atomic mass is 16.4. The minimum Gasteiger partial charge on any atom is -0.481 e. The third-order valence-corrected chi connectivity index (χ3v) is 4.22. The molecule has 2 aromatic rings. The number of aliphatic hydroxyl groups excluding tert-OH is 1. The molecule has 0 atom stereocenters. The summed E-state index contributed by atoms with van der Waals surface area (Å²) in [5.74, 6) is -0.663. The summed E-state index contributed by atoms with van der Waals surface area (Å²) in [7, 11) is 0. The lowest BCUT2D eigenvalue weighted by atomic mass is 10.0. The summed E-state index contributed by atoms with van der Waals surface area (Å²) >= 11 is 0. The van der Waals surface area contributed by atoms with Crippen LogP contribution in [0.15, 0.2) is 60.7 Å². The highest BCUT2D eigenvalue weighted by Crippen LogP contribution is 2.20. The van der Waals surface area contributed by atoms with Crippen LogP contribution in [-0.2, 0) is 4.79 Å². The number of carbonyl (C=O) groups is 1. The predicted molar refractivity (Wildman–Crippen MR) is 107 cm³/mol. The standard InChI is InChI=1S/C13H12O.C10H20O2/c14-13(11-7-3-1-4-8-11)12-9-5-2-6-10-12;1-2-3-4-5-6-7-8-9-10(11)12/h1-10,13-14H;2-9H2,1H3,(H,11,12). The van der Waals surface area contributed by atoms with E-state index in [0.29, 0.717) is 6.42 Å². The third-order valence-electron chi connectivity index (χ3n) is 4.22. The number of hydrogen-bond acceptors (Lipinski definition) is 2. The first kappa shape index (κ1) is 21.9. The molecule has 142 valence electrons. The number of rotatable bonds is 10. The molecule has 0 aliphatic heterocycles. The molecule has 0 aliphatic carbocycles. The van der Waals surface area contributed by atoms with Gasteiger partial charge in [-0.3, -0.25) is 4.79 Å². The molecule has 0 saturated carbocycles. The SMILES string of the molecule is CCCCCCCCCC(=O)O.OC(c1ccccc1)c1ccccc1. The maximum absolute atomic E-state index is 10.1. The zero-order chi connectivity index (χ0) is 19.0. The fourth-order valence-corrected chi connectivity index (χ4v) is 2.70. The van der Waals surface area contributed by atoms with Gasteiger partial charge in [0.15, 0.2) is 0 Å². The minimum atomic E-state index is -0.663. The van der Waals surface area contributed by atoms with E-state index in [9.17, 15) is 9.90 Å². The maximum Gasteiger partial charge on any atom is 0.303 e. The number of benzene rings is 2. The summed E-state index contributed by atoms with van der Waals surface area (Å²) in [6.07, 6.45) is 8.13. The normalized spacial score (nSPS) is 10.3. The highest BCUT2D eigenvalue weighted by molar-refractivity contribution is 5.66. The summed E-state index contributed by atoms with van der Waals surface area (Å²) in [6, 6.07) is 19.3. The van der Waals surface area contributed by atoms with Crippen molar-refractivity contribution in [3.05, 3.63) is 71.8 Å². The maximum atomic E-state index is 10.1. The molecule has 0 unspecified atom stereocenters. The second-order valence-electron chi connectivity index (χ2n) is 6.49. The van der Waals surface area contributed by atoms with E-state index in [-0.39, 0.29) is 0 Å². The molecule has 3 nitrogen and oxygen atoms in total. The van der Waals surface area contributed by atoms with Gasteiger partial charge >= 0.3 is 5.97 Å². The molecule has 0 amide bonds. The van der Waals surface area contributed by atoms with E-state index in [1.54, 1.807) is 0 Å². The molecule has 2 N–H and O–H groups in total. The van der Waals surface area contributed by atoms with Crippen molar-refractivity contribution in [1.29, 1.82) is 0 Å². The lowest BCUT2D eigenvalue weighted by molar-refractivity contribution is -0.137. The zero-order valence-corrected chi connectivity index (χ0v) is 15.8. The summed E-state index contributed by atoms with van der Waals surface area (Å²) in [5, 5.41) is 18.3. The van der Waals surface area contributed by atoms with Gasteiger partial charge in [0.25, 0.3) is 0 Å². The fourth-order valence-electron chi connectivity index (χ4n) is 2.70. The van der Waals surface area contributed by atoms with Crippen molar-refractivity contribution in [2.24, 2.45) is 0 Å². The van der Waals surface area contributed by atoms with Crippen molar-refractivity contribution in [3.8, 4) is 0 Å². The van der Waals surface area contributed by atoms with E-state index in [1.165, 1.54) is 32.1 Å². The average Bonchev–Trinajstić information content (AvgIpc) is 2.68. The van der Waals surface area contributed by atoms with E-state index in [1.807, 2.05) is 60.7 Å². The third kappa shape index (κ3) is 10.00. The van der Waals surface area contributed by atoms with Gasteiger partial charge in [-0.2, -0.15) is 0 Å². The van der Waals surface area contributed by atoms with Crippen molar-refractivity contribution < 1.29 is 15.0 Å². The number of carboxylic acid groups (broad SMARTS) is 1. The van der Waals surface area contributed by atoms with Gasteiger partial charge in [-0.15, -0.1) is 0 Å². The van der Waals surface area contributed by atoms with Crippen molar-refractivity contribution in [3.63, 3.8) is 0 Å². The first-order chi connectivity index (χ1) is 12.6. The van der Waals surface area contributed by atoms with Crippen LogP contribution in [0.5, 0.6) is 0 Å². The molecule has 0 aromatic heterocycles. The quantitative estimate of drug-likeness (QED) is 0.515. The van der Waals surface area contributed by atoms with Crippen LogP contribution in [0.25, 0.3) is 0 Å². The summed E-state index contributed by atoms with van der Waals surface area (Å²) in [5.41, 5.74) is 1.86. The average molecular weight is 357 g/mol. The molecule has 0 fully saturated rings. The lowest BCUT2D eigenvalue weighted by Gasteiger charge is -2.10. The Bertz CT molecular complexity index is 541. The molecule has 0 radical (unpaired) electrons. The Morgan fingerprint density at radius 1 is 0.769 bits per heavy atom. The van der Waals surface area contributed by atoms with E-state index in [2.05, 4.69) is 6.92 Å². The molecular weight excluding hydrogens is 324 g/mol. The molecule has 2 aromatic carbocycles. The van der Waals surface area contributed by atoms with Crippen LogP contribution in [0, 0.1) is 0 Å². The molecule has 0 aliphatic rings. The highest BCUT2D eigenvalue weighted by Gasteiger charge is 2.07. The van der Waals surface area contributed by atoms with Gasteiger partial charge in [0.1, 0.15) is 6.10 Å². The molecule has 26 heavy (non-hydrogen) atoms. The number of carboxylic acids is 1. The molecule has 3 heteroatoms. The lowest BCUT2D eigenvalue weighted by Crippen LogP contribution is -1.98.